The third-order valence-corrected chi connectivity index (χ3v) is 5.77. The number of anilines is 1. The van der Waals surface area contributed by atoms with E-state index < -0.39 is 10.0 Å². The van der Waals surface area contributed by atoms with Crippen LogP contribution in [0, 0.1) is 0 Å². The number of sulfonamides is 1. The Bertz CT molecular complexity index is 528. The Morgan fingerprint density at radius 1 is 1.37 bits per heavy atom. The number of nitrogens with two attached hydrogens (primary N) is 1. The standard InChI is InChI=1S/C12H18N2O3S2/c13-11-3-1-2-4-12(11)18-5-6-19(16,17)14-9-7-10(15)8-9/h1-4,9-10,14-15H,5-8,13H2. The van der Waals surface area contributed by atoms with Crippen molar-refractivity contribution in [3.05, 3.63) is 24.3 Å². The number of benzene rings is 1. The van der Waals surface area contributed by atoms with E-state index in [1.165, 1.54) is 11.8 Å². The van der Waals surface area contributed by atoms with Gasteiger partial charge in [-0.1, -0.05) is 12.1 Å². The van der Waals surface area contributed by atoms with Crippen molar-refractivity contribution >= 4 is 27.5 Å². The van der Waals surface area contributed by atoms with Crippen LogP contribution in [0.15, 0.2) is 29.2 Å². The fourth-order valence-corrected chi connectivity index (χ4v) is 4.53. The molecule has 0 aliphatic heterocycles. The summed E-state index contributed by atoms with van der Waals surface area (Å²) >= 11 is 1.43. The molecular weight excluding hydrogens is 284 g/mol. The van der Waals surface area contributed by atoms with Gasteiger partial charge < -0.3 is 10.8 Å². The lowest BCUT2D eigenvalue weighted by Gasteiger charge is -2.31. The third kappa shape index (κ3) is 4.38. The van der Waals surface area contributed by atoms with Crippen molar-refractivity contribution in [2.24, 2.45) is 0 Å². The number of hydrogen-bond donors (Lipinski definition) is 3. The fraction of sp³-hybridized carbons (Fsp3) is 0.500. The van der Waals surface area contributed by atoms with Crippen LogP contribution in [0.5, 0.6) is 0 Å². The highest BCUT2D eigenvalue weighted by molar-refractivity contribution is 8.00. The summed E-state index contributed by atoms with van der Waals surface area (Å²) in [6, 6.07) is 7.29. The van der Waals surface area contributed by atoms with E-state index in [1.54, 1.807) is 6.07 Å². The van der Waals surface area contributed by atoms with Crippen LogP contribution in [0.2, 0.25) is 0 Å². The van der Waals surface area contributed by atoms with E-state index in [-0.39, 0.29) is 17.9 Å². The van der Waals surface area contributed by atoms with E-state index in [9.17, 15) is 8.42 Å². The van der Waals surface area contributed by atoms with Crippen molar-refractivity contribution in [1.82, 2.24) is 4.72 Å². The average Bonchev–Trinajstić information content (AvgIpc) is 2.29. The van der Waals surface area contributed by atoms with Crippen molar-refractivity contribution in [3.8, 4) is 0 Å². The molecule has 1 fully saturated rings. The Labute approximate surface area is 117 Å². The van der Waals surface area contributed by atoms with Gasteiger partial charge in [0.15, 0.2) is 0 Å². The minimum atomic E-state index is -3.27. The molecule has 5 nitrogen and oxygen atoms in total. The number of nitrogens with one attached hydrogen (secondary N) is 1. The molecular formula is C12H18N2O3S2. The number of para-hydroxylation sites is 1. The Balaban J connectivity index is 1.77. The Hall–Kier alpha value is -0.760. The maximum atomic E-state index is 11.8. The molecule has 4 N–H and O–H groups in total. The van der Waals surface area contributed by atoms with E-state index >= 15 is 0 Å². The summed E-state index contributed by atoms with van der Waals surface area (Å²) in [6.07, 6.45) is 0.668. The predicted molar refractivity (Wildman–Crippen MR) is 77.5 cm³/mol. The molecule has 106 valence electrons. The van der Waals surface area contributed by atoms with Crippen LogP contribution in [0.3, 0.4) is 0 Å². The molecule has 0 aromatic heterocycles. The first kappa shape index (κ1) is 14.6. The minimum Gasteiger partial charge on any atom is -0.398 e. The quantitative estimate of drug-likeness (QED) is 0.534. The predicted octanol–water partition coefficient (Wildman–Crippen LogP) is 0.804. The maximum Gasteiger partial charge on any atom is 0.212 e. The summed E-state index contributed by atoms with van der Waals surface area (Å²) in [5.41, 5.74) is 6.45. The number of aliphatic hydroxyl groups excluding tert-OH is 1. The second-order valence-electron chi connectivity index (χ2n) is 4.65. The van der Waals surface area contributed by atoms with Gasteiger partial charge >= 0.3 is 0 Å². The second kappa shape index (κ2) is 6.13. The highest BCUT2D eigenvalue weighted by Gasteiger charge is 2.30. The summed E-state index contributed by atoms with van der Waals surface area (Å²) in [6.45, 7) is 0. The lowest BCUT2D eigenvalue weighted by Crippen LogP contribution is -2.47. The zero-order valence-electron chi connectivity index (χ0n) is 10.5. The van der Waals surface area contributed by atoms with E-state index in [1.807, 2.05) is 18.2 Å². The van der Waals surface area contributed by atoms with Gasteiger partial charge in [0.1, 0.15) is 0 Å². The Morgan fingerprint density at radius 2 is 2.05 bits per heavy atom. The molecule has 19 heavy (non-hydrogen) atoms. The van der Waals surface area contributed by atoms with E-state index in [4.69, 9.17) is 10.8 Å². The van der Waals surface area contributed by atoms with Crippen LogP contribution in [-0.2, 0) is 10.0 Å². The van der Waals surface area contributed by atoms with E-state index in [0.717, 1.165) is 4.90 Å². The molecule has 2 rings (SSSR count). The van der Waals surface area contributed by atoms with Crippen molar-refractivity contribution in [2.75, 3.05) is 17.2 Å². The largest absolute Gasteiger partial charge is 0.398 e. The average molecular weight is 302 g/mol. The van der Waals surface area contributed by atoms with Crippen molar-refractivity contribution in [1.29, 1.82) is 0 Å². The molecule has 0 radical (unpaired) electrons. The summed E-state index contributed by atoms with van der Waals surface area (Å²) in [7, 11) is -3.27. The number of hydrogen-bond acceptors (Lipinski definition) is 5. The highest BCUT2D eigenvalue weighted by Crippen LogP contribution is 2.25. The first-order valence-electron chi connectivity index (χ1n) is 6.11. The first-order chi connectivity index (χ1) is 8.96. The highest BCUT2D eigenvalue weighted by atomic mass is 32.2. The van der Waals surface area contributed by atoms with Crippen molar-refractivity contribution < 1.29 is 13.5 Å². The van der Waals surface area contributed by atoms with Crippen LogP contribution in [0.4, 0.5) is 5.69 Å². The SMILES string of the molecule is Nc1ccccc1SCCS(=O)(=O)NC1CC(O)C1. The fourth-order valence-electron chi connectivity index (χ4n) is 1.87. The molecule has 0 heterocycles. The van der Waals surface area contributed by atoms with Gasteiger partial charge in [0, 0.05) is 22.4 Å². The van der Waals surface area contributed by atoms with Gasteiger partial charge in [-0.25, -0.2) is 13.1 Å². The van der Waals surface area contributed by atoms with Crippen LogP contribution in [0.25, 0.3) is 0 Å². The Kier molecular flexibility index (Phi) is 4.72. The first-order valence-corrected chi connectivity index (χ1v) is 8.75. The summed E-state index contributed by atoms with van der Waals surface area (Å²) in [5.74, 6) is 0.511. The van der Waals surface area contributed by atoms with Crippen LogP contribution in [0.1, 0.15) is 12.8 Å². The minimum absolute atomic E-state index is 0.0542. The molecule has 0 bridgehead atoms. The Morgan fingerprint density at radius 3 is 2.68 bits per heavy atom. The van der Waals surface area contributed by atoms with E-state index in [0.29, 0.717) is 24.3 Å². The van der Waals surface area contributed by atoms with Gasteiger partial charge in [-0.05, 0) is 25.0 Å². The smallest absolute Gasteiger partial charge is 0.212 e. The molecule has 1 aliphatic rings. The van der Waals surface area contributed by atoms with Gasteiger partial charge in [-0.15, -0.1) is 11.8 Å². The molecule has 0 unspecified atom stereocenters. The molecule has 0 amide bonds. The van der Waals surface area contributed by atoms with Crippen LogP contribution in [-0.4, -0.2) is 37.2 Å². The van der Waals surface area contributed by atoms with Crippen LogP contribution < -0.4 is 10.5 Å². The van der Waals surface area contributed by atoms with Crippen molar-refractivity contribution in [3.63, 3.8) is 0 Å². The molecule has 0 spiro atoms. The molecule has 1 aromatic carbocycles. The second-order valence-corrected chi connectivity index (χ2v) is 7.66. The number of thioether (sulfide) groups is 1. The molecule has 1 aromatic rings. The number of nitrogen functional groups attached to an aromatic ring is 1. The monoisotopic (exact) mass is 302 g/mol. The number of aliphatic hydroxyl groups is 1. The topological polar surface area (TPSA) is 92.4 Å². The zero-order chi connectivity index (χ0) is 13.9. The summed E-state index contributed by atoms with van der Waals surface area (Å²) < 4.78 is 26.1. The normalized spacial score (nSPS) is 23.0. The number of rotatable bonds is 6. The maximum absolute atomic E-state index is 11.8. The van der Waals surface area contributed by atoms with Gasteiger partial charge in [-0.3, -0.25) is 0 Å². The molecule has 0 saturated heterocycles. The van der Waals surface area contributed by atoms with Gasteiger partial charge in [0.05, 0.1) is 11.9 Å². The lowest BCUT2D eigenvalue weighted by molar-refractivity contribution is 0.0712. The molecule has 7 heteroatoms. The molecule has 1 saturated carbocycles. The van der Waals surface area contributed by atoms with Crippen LogP contribution >= 0.6 is 11.8 Å². The lowest BCUT2D eigenvalue weighted by atomic mass is 9.91. The zero-order valence-corrected chi connectivity index (χ0v) is 12.1. The van der Waals surface area contributed by atoms with E-state index in [2.05, 4.69) is 4.72 Å². The molecule has 0 atom stereocenters. The summed E-state index contributed by atoms with van der Waals surface area (Å²) in [4.78, 5) is 0.900. The van der Waals surface area contributed by atoms with Crippen molar-refractivity contribution in [2.45, 2.75) is 29.9 Å². The van der Waals surface area contributed by atoms with Gasteiger partial charge in [0.25, 0.3) is 0 Å². The van der Waals surface area contributed by atoms with Gasteiger partial charge in [0.2, 0.25) is 10.0 Å². The molecule has 1 aliphatic carbocycles. The van der Waals surface area contributed by atoms with Gasteiger partial charge in [-0.2, -0.15) is 0 Å². The summed E-state index contributed by atoms with van der Waals surface area (Å²) in [5, 5.41) is 9.12. The third-order valence-electron chi connectivity index (χ3n) is 2.99.